The monoisotopic (exact) mass is 506 g/mol. The number of esters is 1. The number of ether oxygens (including phenoxy) is 1. The van der Waals surface area contributed by atoms with Crippen molar-refractivity contribution in [2.75, 3.05) is 25.1 Å². The van der Waals surface area contributed by atoms with Crippen LogP contribution in [0.1, 0.15) is 18.7 Å². The molecule has 13 nitrogen and oxygen atoms in total. The second-order valence-corrected chi connectivity index (χ2v) is 8.68. The molecule has 2 unspecified atom stereocenters. The third-order valence-electron chi connectivity index (χ3n) is 4.59. The summed E-state index contributed by atoms with van der Waals surface area (Å²) in [5, 5.41) is 19.9. The largest absolute Gasteiger partial charge is 1.00 e. The molecule has 4 amide bonds. The van der Waals surface area contributed by atoms with Gasteiger partial charge in [0.05, 0.1) is 17.4 Å². The number of carbonyl (C=O) groups is 5. The summed E-state index contributed by atoms with van der Waals surface area (Å²) in [6.45, 7) is 0.889. The molecule has 0 spiro atoms. The first-order valence-corrected chi connectivity index (χ1v) is 11.1. The Kier molecular flexibility index (Phi) is 9.13. The number of hydrogen-bond donors (Lipinski definition) is 4. The molecule has 1 aromatic rings. The van der Waals surface area contributed by atoms with Gasteiger partial charge in [0.1, 0.15) is 18.0 Å². The van der Waals surface area contributed by atoms with E-state index in [1.54, 1.807) is 0 Å². The van der Waals surface area contributed by atoms with Crippen LogP contribution in [0.4, 0.5) is 9.93 Å². The van der Waals surface area contributed by atoms with Crippen LogP contribution in [-0.4, -0.2) is 70.5 Å². The number of hydrogen-bond acceptors (Lipinski definition) is 11. The van der Waals surface area contributed by atoms with Crippen molar-refractivity contribution in [3.05, 3.63) is 22.3 Å². The van der Waals surface area contributed by atoms with Crippen LogP contribution in [0.15, 0.2) is 16.7 Å². The maximum atomic E-state index is 12.9. The van der Waals surface area contributed by atoms with E-state index in [0.29, 0.717) is 0 Å². The van der Waals surface area contributed by atoms with Crippen molar-refractivity contribution in [1.29, 1.82) is 0 Å². The van der Waals surface area contributed by atoms with Crippen molar-refractivity contribution < 1.29 is 63.4 Å². The minimum Gasteiger partial charge on any atom is -0.543 e. The van der Waals surface area contributed by atoms with E-state index in [1.807, 2.05) is 0 Å². The third-order valence-corrected chi connectivity index (χ3v) is 6.62. The Morgan fingerprint density at radius 2 is 2.09 bits per heavy atom. The number of aliphatic carboxylic acids is 1. The van der Waals surface area contributed by atoms with Crippen molar-refractivity contribution in [2.24, 2.45) is 0 Å². The number of rotatable bonds is 7. The predicted molar refractivity (Wildman–Crippen MR) is 111 cm³/mol. The van der Waals surface area contributed by atoms with E-state index in [2.05, 4.69) is 20.9 Å². The first-order valence-electron chi connectivity index (χ1n) is 9.15. The Hall–Kier alpha value is -2.33. The van der Waals surface area contributed by atoms with E-state index < -0.39 is 47.2 Å². The number of thioether (sulfide) groups is 1. The minimum absolute atomic E-state index is 0. The molecule has 1 fully saturated rings. The number of β-lactam (4-membered cyclic amide) rings is 1. The molecule has 172 valence electrons. The molecule has 5 N–H and O–H groups in total. The summed E-state index contributed by atoms with van der Waals surface area (Å²) < 4.78 is 4.85. The summed E-state index contributed by atoms with van der Waals surface area (Å²) in [6, 6.07) is -2.92. The summed E-state index contributed by atoms with van der Waals surface area (Å²) in [5.74, 6) is -3.43. The van der Waals surface area contributed by atoms with Gasteiger partial charge in [0.25, 0.3) is 5.91 Å². The third kappa shape index (κ3) is 5.78. The maximum absolute atomic E-state index is 12.9. The molecule has 0 aliphatic carbocycles. The van der Waals surface area contributed by atoms with Crippen molar-refractivity contribution in [1.82, 2.24) is 25.8 Å². The van der Waals surface area contributed by atoms with Crippen molar-refractivity contribution in [3.63, 3.8) is 0 Å². The summed E-state index contributed by atoms with van der Waals surface area (Å²) in [5.41, 5.74) is 5.64. The zero-order chi connectivity index (χ0) is 23.6. The van der Waals surface area contributed by atoms with Crippen molar-refractivity contribution in [2.45, 2.75) is 24.4 Å². The van der Waals surface area contributed by atoms with Crippen LogP contribution in [0.5, 0.6) is 0 Å². The SMILES string of the molecule is CNC(=O)NC(C(=O)NC1C(=O)N2C(C(=O)[O-])=C(COC(C)=O)CS[C@@H]12)c1csc(N)n1.[Na+]. The van der Waals surface area contributed by atoms with Gasteiger partial charge in [-0.05, 0) is 0 Å². The fourth-order valence-corrected chi connectivity index (χ4v) is 5.03. The van der Waals surface area contributed by atoms with Crippen molar-refractivity contribution in [3.8, 4) is 0 Å². The maximum Gasteiger partial charge on any atom is 1.00 e. The number of anilines is 1. The van der Waals surface area contributed by atoms with Gasteiger partial charge >= 0.3 is 41.6 Å². The summed E-state index contributed by atoms with van der Waals surface area (Å²) in [7, 11) is 1.37. The second-order valence-electron chi connectivity index (χ2n) is 6.68. The van der Waals surface area contributed by atoms with Gasteiger partial charge in [-0.25, -0.2) is 9.78 Å². The molecule has 1 aromatic heterocycles. The van der Waals surface area contributed by atoms with Crippen LogP contribution in [-0.2, 0) is 23.9 Å². The predicted octanol–water partition coefficient (Wildman–Crippen LogP) is -5.33. The number of fused-ring (bicyclic) bond motifs is 1. The summed E-state index contributed by atoms with van der Waals surface area (Å²) >= 11 is 2.27. The van der Waals surface area contributed by atoms with Gasteiger partial charge in [-0.1, -0.05) is 0 Å². The number of urea groups is 1. The number of thiazole rings is 1. The molecule has 1 saturated heterocycles. The fourth-order valence-electron chi connectivity index (χ4n) is 3.12. The van der Waals surface area contributed by atoms with E-state index in [0.717, 1.165) is 16.2 Å². The topological polar surface area (TPSA) is 196 Å². The molecule has 3 heterocycles. The summed E-state index contributed by atoms with van der Waals surface area (Å²) in [4.78, 5) is 65.1. The average molecular weight is 506 g/mol. The van der Waals surface area contributed by atoms with Crippen LogP contribution < -0.4 is 56.3 Å². The Morgan fingerprint density at radius 3 is 2.64 bits per heavy atom. The Bertz CT molecular complexity index is 1020. The Morgan fingerprint density at radius 1 is 1.39 bits per heavy atom. The number of nitrogens with zero attached hydrogens (tertiary/aromatic N) is 2. The molecule has 0 saturated carbocycles. The van der Waals surface area contributed by atoms with Gasteiger partial charge < -0.3 is 36.3 Å². The van der Waals surface area contributed by atoms with E-state index in [4.69, 9.17) is 10.5 Å². The number of carboxylic acid groups (broad SMARTS) is 1. The zero-order valence-electron chi connectivity index (χ0n) is 17.9. The van der Waals surface area contributed by atoms with E-state index in [1.165, 1.54) is 31.1 Å². The minimum atomic E-state index is -1.59. The molecule has 0 radical (unpaired) electrons. The first kappa shape index (κ1) is 26.9. The fraction of sp³-hybridized carbons (Fsp3) is 0.412. The smallest absolute Gasteiger partial charge is 0.543 e. The molecule has 3 atom stereocenters. The molecule has 33 heavy (non-hydrogen) atoms. The van der Waals surface area contributed by atoms with Crippen molar-refractivity contribution >= 4 is 58.0 Å². The van der Waals surface area contributed by atoms with Gasteiger partial charge in [-0.3, -0.25) is 19.3 Å². The Labute approximate surface area is 218 Å². The quantitative estimate of drug-likeness (QED) is 0.157. The van der Waals surface area contributed by atoms with E-state index >= 15 is 0 Å². The number of carbonyl (C=O) groups excluding carboxylic acids is 5. The average Bonchev–Trinajstić information content (AvgIpc) is 3.18. The number of aromatic nitrogens is 1. The Balaban J connectivity index is 0.00000385. The van der Waals surface area contributed by atoms with Crippen LogP contribution in [0.25, 0.3) is 0 Å². The van der Waals surface area contributed by atoms with Crippen LogP contribution in [0.3, 0.4) is 0 Å². The second kappa shape index (κ2) is 11.2. The number of nitrogen functional groups attached to an aromatic ring is 1. The van der Waals surface area contributed by atoms with Crippen LogP contribution in [0, 0.1) is 0 Å². The molecule has 2 aliphatic rings. The zero-order valence-corrected chi connectivity index (χ0v) is 21.5. The van der Waals surface area contributed by atoms with Gasteiger partial charge in [0.15, 0.2) is 11.2 Å². The molecular formula is C17H19N6NaO7S2. The molecule has 0 bridgehead atoms. The molecule has 0 aromatic carbocycles. The van der Waals surface area contributed by atoms with E-state index in [-0.39, 0.29) is 64.0 Å². The number of amides is 4. The number of nitrogens with one attached hydrogen (secondary N) is 3. The van der Waals surface area contributed by atoms with Crippen LogP contribution in [0.2, 0.25) is 0 Å². The molecule has 2 aliphatic heterocycles. The summed E-state index contributed by atoms with van der Waals surface area (Å²) in [6.07, 6.45) is 0. The molecular weight excluding hydrogens is 487 g/mol. The standard InChI is InChI=1S/C17H20N6O7S2.Na/c1-6(24)30-3-7-4-31-14-10(13(26)23(14)11(7)15(27)28)21-12(25)9(22-17(29)19-2)8-5-32-16(18)20-8;/h5,9-10,14H,3-4H2,1-2H3,(H2,18,20)(H,21,25)(H,27,28)(H2,19,22,29);/q;+1/p-1/t9?,10?,14-;/m0./s1. The number of carboxylic acids is 1. The first-order chi connectivity index (χ1) is 15.1. The normalized spacial score (nSPS) is 19.9. The van der Waals surface area contributed by atoms with Crippen LogP contribution >= 0.6 is 23.1 Å². The van der Waals surface area contributed by atoms with Gasteiger partial charge in [-0.15, -0.1) is 23.1 Å². The molecule has 16 heteroatoms. The van der Waals surface area contributed by atoms with Gasteiger partial charge in [0, 0.05) is 30.7 Å². The van der Waals surface area contributed by atoms with Gasteiger partial charge in [-0.2, -0.15) is 0 Å². The van der Waals surface area contributed by atoms with E-state index in [9.17, 15) is 29.1 Å². The number of nitrogens with two attached hydrogens (primary N) is 1. The molecule has 3 rings (SSSR count). The van der Waals surface area contributed by atoms with Gasteiger partial charge in [0.2, 0.25) is 5.91 Å².